The molecule has 17 heavy (non-hydrogen) atoms. The maximum atomic E-state index is 11.9. The summed E-state index contributed by atoms with van der Waals surface area (Å²) in [6.45, 7) is 11.9. The van der Waals surface area contributed by atoms with Gasteiger partial charge < -0.3 is 9.64 Å². The maximum Gasteiger partial charge on any atom is 0.323 e. The van der Waals surface area contributed by atoms with Gasteiger partial charge in [0.25, 0.3) is 0 Å². The molecule has 4 heteroatoms. The minimum absolute atomic E-state index is 0.0287. The van der Waals surface area contributed by atoms with E-state index in [0.717, 1.165) is 45.6 Å². The number of esters is 1. The van der Waals surface area contributed by atoms with Gasteiger partial charge in [-0.3, -0.25) is 9.69 Å². The maximum absolute atomic E-state index is 11.9. The van der Waals surface area contributed by atoms with E-state index in [1.807, 2.05) is 6.92 Å². The van der Waals surface area contributed by atoms with Gasteiger partial charge in [0.05, 0.1) is 6.61 Å². The summed E-state index contributed by atoms with van der Waals surface area (Å²) in [7, 11) is 0. The van der Waals surface area contributed by atoms with Crippen molar-refractivity contribution in [3.63, 3.8) is 0 Å². The summed E-state index contributed by atoms with van der Waals surface area (Å²) in [5.41, 5.74) is 0. The van der Waals surface area contributed by atoms with Crippen LogP contribution in [-0.4, -0.2) is 61.1 Å². The van der Waals surface area contributed by atoms with Gasteiger partial charge in [0, 0.05) is 26.2 Å². The molecule has 1 rings (SSSR count). The van der Waals surface area contributed by atoms with Crippen molar-refractivity contribution in [1.29, 1.82) is 0 Å². The average molecular weight is 242 g/mol. The Kier molecular flexibility index (Phi) is 6.52. The van der Waals surface area contributed by atoms with Crippen LogP contribution >= 0.6 is 0 Å². The first-order chi connectivity index (χ1) is 8.22. The molecule has 0 aromatic carbocycles. The van der Waals surface area contributed by atoms with E-state index < -0.39 is 0 Å². The highest BCUT2D eigenvalue weighted by Gasteiger charge is 2.28. The summed E-state index contributed by atoms with van der Waals surface area (Å²) >= 11 is 0. The highest BCUT2D eigenvalue weighted by Crippen LogP contribution is 2.12. The summed E-state index contributed by atoms with van der Waals surface area (Å²) in [6, 6.07) is -0.0287. The zero-order valence-electron chi connectivity index (χ0n) is 11.4. The van der Waals surface area contributed by atoms with Gasteiger partial charge in [-0.2, -0.15) is 0 Å². The van der Waals surface area contributed by atoms with Gasteiger partial charge in [-0.25, -0.2) is 0 Å². The Morgan fingerprint density at radius 3 is 2.29 bits per heavy atom. The second-order valence-electron chi connectivity index (χ2n) is 4.53. The van der Waals surface area contributed by atoms with Gasteiger partial charge >= 0.3 is 5.97 Å². The van der Waals surface area contributed by atoms with Gasteiger partial charge in [0.2, 0.25) is 0 Å². The molecule has 1 heterocycles. The molecule has 0 spiro atoms. The molecule has 0 amide bonds. The van der Waals surface area contributed by atoms with Crippen LogP contribution in [0.25, 0.3) is 0 Å². The molecule has 0 N–H and O–H groups in total. The van der Waals surface area contributed by atoms with Crippen LogP contribution in [-0.2, 0) is 9.53 Å². The Hall–Kier alpha value is -0.610. The molecule has 0 aliphatic carbocycles. The molecule has 0 unspecified atom stereocenters. The normalized spacial score (nSPS) is 20.2. The highest BCUT2D eigenvalue weighted by molar-refractivity contribution is 5.75. The van der Waals surface area contributed by atoms with Gasteiger partial charge in [0.1, 0.15) is 6.04 Å². The molecule has 1 atom stereocenters. The second kappa shape index (κ2) is 7.67. The first-order valence-corrected chi connectivity index (χ1v) is 6.85. The van der Waals surface area contributed by atoms with E-state index in [1.54, 1.807) is 0 Å². The van der Waals surface area contributed by atoms with Crippen LogP contribution in [0.5, 0.6) is 0 Å². The van der Waals surface area contributed by atoms with Gasteiger partial charge in [0.15, 0.2) is 0 Å². The van der Waals surface area contributed by atoms with Crippen LogP contribution in [0.15, 0.2) is 0 Å². The predicted octanol–water partition coefficient (Wildman–Crippen LogP) is 1.36. The number of piperazine rings is 1. The Morgan fingerprint density at radius 1 is 1.18 bits per heavy atom. The van der Waals surface area contributed by atoms with E-state index in [2.05, 4.69) is 23.6 Å². The topological polar surface area (TPSA) is 32.8 Å². The lowest BCUT2D eigenvalue weighted by atomic mass is 10.1. The molecule has 0 saturated carbocycles. The SMILES string of the molecule is CCC[C@H](C(=O)OCC)N1CCN(CC)CC1. The number of hydrogen-bond acceptors (Lipinski definition) is 4. The van der Waals surface area contributed by atoms with Crippen molar-refractivity contribution < 1.29 is 9.53 Å². The third kappa shape index (κ3) is 4.28. The fraction of sp³-hybridized carbons (Fsp3) is 0.923. The van der Waals surface area contributed by atoms with E-state index in [-0.39, 0.29) is 12.0 Å². The molecule has 1 fully saturated rings. The number of hydrogen-bond donors (Lipinski definition) is 0. The number of ether oxygens (including phenoxy) is 1. The minimum Gasteiger partial charge on any atom is -0.465 e. The molecule has 4 nitrogen and oxygen atoms in total. The van der Waals surface area contributed by atoms with Crippen LogP contribution in [0, 0.1) is 0 Å². The summed E-state index contributed by atoms with van der Waals surface area (Å²) in [5.74, 6) is -0.0423. The van der Waals surface area contributed by atoms with Crippen molar-refractivity contribution in [1.82, 2.24) is 9.80 Å². The van der Waals surface area contributed by atoms with E-state index in [4.69, 9.17) is 4.74 Å². The zero-order valence-corrected chi connectivity index (χ0v) is 11.4. The third-order valence-electron chi connectivity index (χ3n) is 3.42. The smallest absolute Gasteiger partial charge is 0.323 e. The standard InChI is InChI=1S/C13H26N2O2/c1-4-7-12(13(16)17-6-3)15-10-8-14(5-2)9-11-15/h12H,4-11H2,1-3H3/t12-/m1/s1. The number of carbonyl (C=O) groups is 1. The van der Waals surface area contributed by atoms with Crippen LogP contribution in [0.1, 0.15) is 33.6 Å². The Bertz CT molecular complexity index is 225. The van der Waals surface area contributed by atoms with Crippen LogP contribution < -0.4 is 0 Å². The Balaban J connectivity index is 2.50. The summed E-state index contributed by atoms with van der Waals surface area (Å²) in [6.07, 6.45) is 1.93. The molecule has 1 aliphatic heterocycles. The third-order valence-corrected chi connectivity index (χ3v) is 3.42. The molecule has 0 aromatic rings. The lowest BCUT2D eigenvalue weighted by molar-refractivity contribution is -0.150. The molecule has 0 aromatic heterocycles. The van der Waals surface area contributed by atoms with Crippen LogP contribution in [0.2, 0.25) is 0 Å². The number of nitrogens with zero attached hydrogens (tertiary/aromatic N) is 2. The fourth-order valence-corrected chi connectivity index (χ4v) is 2.35. The van der Waals surface area contributed by atoms with E-state index in [9.17, 15) is 4.79 Å². The minimum atomic E-state index is -0.0423. The van der Waals surface area contributed by atoms with E-state index in [1.165, 1.54) is 0 Å². The van der Waals surface area contributed by atoms with Crippen LogP contribution in [0.3, 0.4) is 0 Å². The van der Waals surface area contributed by atoms with Crippen molar-refractivity contribution in [2.45, 2.75) is 39.7 Å². The lowest BCUT2D eigenvalue weighted by Crippen LogP contribution is -2.52. The first-order valence-electron chi connectivity index (χ1n) is 6.85. The lowest BCUT2D eigenvalue weighted by Gasteiger charge is -2.37. The van der Waals surface area contributed by atoms with E-state index in [0.29, 0.717) is 6.61 Å². The molecular weight excluding hydrogens is 216 g/mol. The van der Waals surface area contributed by atoms with Gasteiger partial charge in [-0.15, -0.1) is 0 Å². The van der Waals surface area contributed by atoms with Crippen molar-refractivity contribution >= 4 is 5.97 Å². The average Bonchev–Trinajstić information content (AvgIpc) is 2.36. The highest BCUT2D eigenvalue weighted by atomic mass is 16.5. The Morgan fingerprint density at radius 2 is 1.82 bits per heavy atom. The van der Waals surface area contributed by atoms with Crippen molar-refractivity contribution in [2.24, 2.45) is 0 Å². The molecule has 100 valence electrons. The summed E-state index contributed by atoms with van der Waals surface area (Å²) < 4.78 is 5.17. The molecule has 0 bridgehead atoms. The summed E-state index contributed by atoms with van der Waals surface area (Å²) in [4.78, 5) is 16.6. The number of rotatable bonds is 6. The van der Waals surface area contributed by atoms with Crippen LogP contribution in [0.4, 0.5) is 0 Å². The molecule has 0 radical (unpaired) electrons. The van der Waals surface area contributed by atoms with Crippen molar-refractivity contribution in [3.05, 3.63) is 0 Å². The molecule has 1 saturated heterocycles. The zero-order chi connectivity index (χ0) is 12.7. The molecule has 1 aliphatic rings. The molecular formula is C13H26N2O2. The number of likely N-dealkylation sites (N-methyl/N-ethyl adjacent to an activating group) is 1. The van der Waals surface area contributed by atoms with Gasteiger partial charge in [-0.1, -0.05) is 20.3 Å². The predicted molar refractivity (Wildman–Crippen MR) is 69.0 cm³/mol. The monoisotopic (exact) mass is 242 g/mol. The second-order valence-corrected chi connectivity index (χ2v) is 4.53. The quantitative estimate of drug-likeness (QED) is 0.658. The van der Waals surface area contributed by atoms with Gasteiger partial charge in [-0.05, 0) is 19.9 Å². The van der Waals surface area contributed by atoms with Crippen molar-refractivity contribution in [3.8, 4) is 0 Å². The summed E-state index contributed by atoms with van der Waals surface area (Å²) in [5, 5.41) is 0. The largest absolute Gasteiger partial charge is 0.465 e. The van der Waals surface area contributed by atoms with Crippen molar-refractivity contribution in [2.75, 3.05) is 39.3 Å². The fourth-order valence-electron chi connectivity index (χ4n) is 2.35. The Labute approximate surface area is 105 Å². The number of carbonyl (C=O) groups excluding carboxylic acids is 1. The first kappa shape index (κ1) is 14.5. The van der Waals surface area contributed by atoms with E-state index >= 15 is 0 Å².